The van der Waals surface area contributed by atoms with Crippen LogP contribution in [-0.4, -0.2) is 43.3 Å². The van der Waals surface area contributed by atoms with Gasteiger partial charge in [-0.15, -0.1) is 15.3 Å². The second kappa shape index (κ2) is 7.83. The molecule has 8 nitrogen and oxygen atoms in total. The highest BCUT2D eigenvalue weighted by molar-refractivity contribution is 7.99. The highest BCUT2D eigenvalue weighted by atomic mass is 32.2. The molecule has 0 saturated heterocycles. The van der Waals surface area contributed by atoms with Gasteiger partial charge in [-0.3, -0.25) is 9.48 Å². The Morgan fingerprint density at radius 2 is 2.04 bits per heavy atom. The molecule has 1 amide bonds. The van der Waals surface area contributed by atoms with Crippen LogP contribution in [0.2, 0.25) is 0 Å². The number of ether oxygens (including phenoxy) is 1. The molecule has 0 aliphatic carbocycles. The summed E-state index contributed by atoms with van der Waals surface area (Å²) >= 11 is 1.33. The number of aromatic nitrogens is 5. The van der Waals surface area contributed by atoms with Crippen LogP contribution in [0.4, 0.5) is 5.69 Å². The van der Waals surface area contributed by atoms with E-state index in [-0.39, 0.29) is 11.7 Å². The van der Waals surface area contributed by atoms with E-state index in [1.807, 2.05) is 56.9 Å². The van der Waals surface area contributed by atoms with Crippen molar-refractivity contribution >= 4 is 23.4 Å². The molecule has 1 N–H and O–H groups in total. The van der Waals surface area contributed by atoms with E-state index in [2.05, 4.69) is 20.6 Å². The molecule has 0 spiro atoms. The van der Waals surface area contributed by atoms with Gasteiger partial charge in [0, 0.05) is 26.0 Å². The third-order valence-electron chi connectivity index (χ3n) is 4.05. The second-order valence-electron chi connectivity index (χ2n) is 6.25. The number of thioether (sulfide) groups is 1. The molecular formula is C18H22N6O2S. The van der Waals surface area contributed by atoms with Crippen molar-refractivity contribution in [3.63, 3.8) is 0 Å². The topological polar surface area (TPSA) is 86.9 Å². The average Bonchev–Trinajstić information content (AvgIpc) is 3.17. The van der Waals surface area contributed by atoms with Gasteiger partial charge in [0.05, 0.1) is 12.9 Å². The summed E-state index contributed by atoms with van der Waals surface area (Å²) in [5, 5.41) is 16.2. The van der Waals surface area contributed by atoms with Crippen molar-refractivity contribution in [3.8, 4) is 17.3 Å². The molecule has 2 aromatic heterocycles. The Hall–Kier alpha value is -2.81. The van der Waals surface area contributed by atoms with Crippen molar-refractivity contribution in [3.05, 3.63) is 35.5 Å². The molecule has 3 rings (SSSR count). The van der Waals surface area contributed by atoms with E-state index >= 15 is 0 Å². The van der Waals surface area contributed by atoms with Gasteiger partial charge in [-0.2, -0.15) is 0 Å². The highest BCUT2D eigenvalue weighted by Gasteiger charge is 2.19. The maximum atomic E-state index is 12.3. The zero-order chi connectivity index (χ0) is 19.6. The van der Waals surface area contributed by atoms with Crippen molar-refractivity contribution in [1.82, 2.24) is 24.5 Å². The predicted molar refractivity (Wildman–Crippen MR) is 105 cm³/mol. The van der Waals surface area contributed by atoms with Gasteiger partial charge in [0.1, 0.15) is 5.56 Å². The van der Waals surface area contributed by atoms with E-state index in [9.17, 15) is 4.79 Å². The molecule has 27 heavy (non-hydrogen) atoms. The SMILES string of the molecule is COc1nn(C)cc1-c1nnc(SCC(=O)Nc2ccc(C)cc2C)n1C. The van der Waals surface area contributed by atoms with Crippen molar-refractivity contribution in [2.75, 3.05) is 18.2 Å². The van der Waals surface area contributed by atoms with Crippen molar-refractivity contribution in [2.24, 2.45) is 14.1 Å². The molecule has 0 atom stereocenters. The van der Waals surface area contributed by atoms with E-state index in [1.165, 1.54) is 11.8 Å². The number of amides is 1. The van der Waals surface area contributed by atoms with Crippen LogP contribution < -0.4 is 10.1 Å². The number of aryl methyl sites for hydroxylation is 3. The molecule has 2 heterocycles. The molecule has 0 aliphatic rings. The van der Waals surface area contributed by atoms with Gasteiger partial charge >= 0.3 is 0 Å². The van der Waals surface area contributed by atoms with Gasteiger partial charge in [-0.1, -0.05) is 29.5 Å². The summed E-state index contributed by atoms with van der Waals surface area (Å²) in [4.78, 5) is 12.3. The van der Waals surface area contributed by atoms with Crippen molar-refractivity contribution < 1.29 is 9.53 Å². The number of rotatable bonds is 6. The quantitative estimate of drug-likeness (QED) is 0.655. The minimum absolute atomic E-state index is 0.0875. The lowest BCUT2D eigenvalue weighted by molar-refractivity contribution is -0.113. The van der Waals surface area contributed by atoms with Gasteiger partial charge in [-0.25, -0.2) is 0 Å². The number of benzene rings is 1. The Kier molecular flexibility index (Phi) is 5.50. The normalized spacial score (nSPS) is 10.9. The summed E-state index contributed by atoms with van der Waals surface area (Å²) in [6, 6.07) is 5.94. The second-order valence-corrected chi connectivity index (χ2v) is 7.19. The van der Waals surface area contributed by atoms with Crippen LogP contribution in [0.3, 0.4) is 0 Å². The maximum absolute atomic E-state index is 12.3. The molecule has 0 fully saturated rings. The third-order valence-corrected chi connectivity index (χ3v) is 5.07. The molecule has 0 bridgehead atoms. The van der Waals surface area contributed by atoms with Crippen LogP contribution in [0.15, 0.2) is 29.6 Å². The van der Waals surface area contributed by atoms with Crippen LogP contribution in [0, 0.1) is 13.8 Å². The van der Waals surface area contributed by atoms with E-state index in [0.717, 1.165) is 22.4 Å². The zero-order valence-corrected chi connectivity index (χ0v) is 16.8. The number of carbonyl (C=O) groups is 1. The minimum Gasteiger partial charge on any atom is -0.479 e. The summed E-state index contributed by atoms with van der Waals surface area (Å²) in [7, 11) is 5.23. The lowest BCUT2D eigenvalue weighted by Crippen LogP contribution is -2.15. The molecule has 9 heteroatoms. The first-order chi connectivity index (χ1) is 12.9. The van der Waals surface area contributed by atoms with E-state index in [1.54, 1.807) is 11.8 Å². The average molecular weight is 386 g/mol. The number of nitrogens with one attached hydrogen (secondary N) is 1. The van der Waals surface area contributed by atoms with Crippen LogP contribution in [0.5, 0.6) is 5.88 Å². The third kappa shape index (κ3) is 4.13. The largest absolute Gasteiger partial charge is 0.479 e. The van der Waals surface area contributed by atoms with Gasteiger partial charge in [0.2, 0.25) is 11.8 Å². The summed E-state index contributed by atoms with van der Waals surface area (Å²) < 4.78 is 8.77. The smallest absolute Gasteiger partial charge is 0.243 e. The summed E-state index contributed by atoms with van der Waals surface area (Å²) in [5.41, 5.74) is 3.78. The van der Waals surface area contributed by atoms with Gasteiger partial charge in [-0.05, 0) is 25.5 Å². The first kappa shape index (κ1) is 19.0. The minimum atomic E-state index is -0.0875. The highest BCUT2D eigenvalue weighted by Crippen LogP contribution is 2.29. The fraction of sp³-hybridized carbons (Fsp3) is 0.333. The Bertz CT molecular complexity index is 978. The Morgan fingerprint density at radius 3 is 2.74 bits per heavy atom. The van der Waals surface area contributed by atoms with Gasteiger partial charge < -0.3 is 14.6 Å². The lowest BCUT2D eigenvalue weighted by Gasteiger charge is -2.09. The van der Waals surface area contributed by atoms with Crippen LogP contribution in [0.25, 0.3) is 11.4 Å². The number of hydrogen-bond acceptors (Lipinski definition) is 6. The number of carbonyl (C=O) groups excluding carboxylic acids is 1. The van der Waals surface area contributed by atoms with Crippen molar-refractivity contribution in [2.45, 2.75) is 19.0 Å². The number of methoxy groups -OCH3 is 1. The van der Waals surface area contributed by atoms with Gasteiger partial charge in [0.15, 0.2) is 11.0 Å². The molecule has 3 aromatic rings. The molecule has 0 radical (unpaired) electrons. The molecular weight excluding hydrogens is 364 g/mol. The summed E-state index contributed by atoms with van der Waals surface area (Å²) in [5.74, 6) is 1.27. The first-order valence-corrected chi connectivity index (χ1v) is 9.35. The van der Waals surface area contributed by atoms with Crippen LogP contribution >= 0.6 is 11.8 Å². The zero-order valence-electron chi connectivity index (χ0n) is 16.0. The Balaban J connectivity index is 1.68. The first-order valence-electron chi connectivity index (χ1n) is 8.36. The molecule has 0 saturated carbocycles. The molecule has 0 aliphatic heterocycles. The number of nitrogens with zero attached hydrogens (tertiary/aromatic N) is 5. The number of anilines is 1. The van der Waals surface area contributed by atoms with Crippen molar-refractivity contribution in [1.29, 1.82) is 0 Å². The van der Waals surface area contributed by atoms with Crippen LogP contribution in [-0.2, 0) is 18.9 Å². The fourth-order valence-corrected chi connectivity index (χ4v) is 3.43. The van der Waals surface area contributed by atoms with Crippen LogP contribution in [0.1, 0.15) is 11.1 Å². The number of hydrogen-bond donors (Lipinski definition) is 1. The Morgan fingerprint density at radius 1 is 1.26 bits per heavy atom. The molecule has 142 valence electrons. The van der Waals surface area contributed by atoms with E-state index in [4.69, 9.17) is 4.74 Å². The monoisotopic (exact) mass is 386 g/mol. The van der Waals surface area contributed by atoms with E-state index < -0.39 is 0 Å². The molecule has 1 aromatic carbocycles. The maximum Gasteiger partial charge on any atom is 0.243 e. The fourth-order valence-electron chi connectivity index (χ4n) is 2.72. The predicted octanol–water partition coefficient (Wildman–Crippen LogP) is 2.57. The summed E-state index contributed by atoms with van der Waals surface area (Å²) in [6.07, 6.45) is 1.82. The molecule has 0 unspecified atom stereocenters. The lowest BCUT2D eigenvalue weighted by atomic mass is 10.1. The van der Waals surface area contributed by atoms with Gasteiger partial charge in [0.25, 0.3) is 0 Å². The van der Waals surface area contributed by atoms with E-state index in [0.29, 0.717) is 16.9 Å². The standard InChI is InChI=1S/C18H22N6O2S/c1-11-6-7-14(12(2)8-11)19-15(25)10-27-18-21-20-16(24(18)4)13-9-23(3)22-17(13)26-5/h6-9H,10H2,1-5H3,(H,19,25). The Labute approximate surface area is 161 Å². The summed E-state index contributed by atoms with van der Waals surface area (Å²) in [6.45, 7) is 4.00.